The quantitative estimate of drug-likeness (QED) is 0.886. The molecule has 1 aromatic rings. The maximum absolute atomic E-state index is 3.58. The highest BCUT2D eigenvalue weighted by Gasteiger charge is 2.35. The van der Waals surface area contributed by atoms with Crippen LogP contribution in [0.3, 0.4) is 0 Å². The van der Waals surface area contributed by atoms with E-state index in [1.807, 2.05) is 23.1 Å². The van der Waals surface area contributed by atoms with Crippen molar-refractivity contribution in [3.8, 4) is 0 Å². The topological polar surface area (TPSA) is 12.0 Å². The van der Waals surface area contributed by atoms with Crippen molar-refractivity contribution in [1.29, 1.82) is 0 Å². The van der Waals surface area contributed by atoms with Crippen molar-refractivity contribution < 1.29 is 0 Å². The number of rotatable bonds is 5. The van der Waals surface area contributed by atoms with Gasteiger partial charge in [-0.2, -0.15) is 11.8 Å². The zero-order chi connectivity index (χ0) is 10.7. The smallest absolute Gasteiger partial charge is 0.0327 e. The van der Waals surface area contributed by atoms with E-state index in [0.717, 1.165) is 13.1 Å². The van der Waals surface area contributed by atoms with Crippen LogP contribution in [-0.2, 0) is 6.54 Å². The summed E-state index contributed by atoms with van der Waals surface area (Å²) >= 11 is 7.41. The summed E-state index contributed by atoms with van der Waals surface area (Å²) in [6.07, 6.45) is 6.41. The normalized spacial score (nSPS) is 18.8. The van der Waals surface area contributed by atoms with E-state index in [2.05, 4.69) is 38.9 Å². The maximum Gasteiger partial charge on any atom is 0.0327 e. The fourth-order valence-corrected chi connectivity index (χ4v) is 4.28. The minimum Gasteiger partial charge on any atom is -0.310 e. The summed E-state index contributed by atoms with van der Waals surface area (Å²) in [5.41, 5.74) is 0. The molecule has 84 valence electrons. The highest BCUT2D eigenvalue weighted by atomic mass is 79.9. The fraction of sp³-hybridized carbons (Fsp3) is 0.636. The molecule has 1 aromatic heterocycles. The number of hydrogen-bond acceptors (Lipinski definition) is 3. The molecule has 0 saturated heterocycles. The molecule has 0 atom stereocenters. The lowest BCUT2D eigenvalue weighted by Gasteiger charge is -2.40. The molecule has 0 aromatic carbocycles. The highest BCUT2D eigenvalue weighted by Crippen LogP contribution is 2.42. The third-order valence-electron chi connectivity index (χ3n) is 3.12. The first-order chi connectivity index (χ1) is 7.26. The summed E-state index contributed by atoms with van der Waals surface area (Å²) in [5.74, 6) is 0. The molecule has 4 heteroatoms. The van der Waals surface area contributed by atoms with E-state index in [9.17, 15) is 0 Å². The Morgan fingerprint density at radius 2 is 2.40 bits per heavy atom. The summed E-state index contributed by atoms with van der Waals surface area (Å²) in [5, 5.41) is 5.72. The largest absolute Gasteiger partial charge is 0.310 e. The first-order valence-corrected chi connectivity index (χ1v) is 8.13. The highest BCUT2D eigenvalue weighted by molar-refractivity contribution is 9.10. The summed E-state index contributed by atoms with van der Waals surface area (Å²) in [4.78, 5) is 1.41. The van der Waals surface area contributed by atoms with Gasteiger partial charge in [-0.15, -0.1) is 11.3 Å². The molecule has 15 heavy (non-hydrogen) atoms. The Labute approximate surface area is 108 Å². The molecule has 1 aliphatic carbocycles. The standard InChI is InChI=1S/C11H16BrNS2/c1-14-11(4-2-5-11)8-13-7-10-9(12)3-6-15-10/h3,6,13H,2,4-5,7-8H2,1H3. The van der Waals surface area contributed by atoms with Crippen molar-refractivity contribution in [2.24, 2.45) is 0 Å². The molecule has 0 spiro atoms. The Bertz CT molecular complexity index is 315. The predicted octanol–water partition coefficient (Wildman–Crippen LogP) is 3.89. The van der Waals surface area contributed by atoms with Gasteiger partial charge in [0.1, 0.15) is 0 Å². The van der Waals surface area contributed by atoms with Crippen molar-refractivity contribution in [3.63, 3.8) is 0 Å². The van der Waals surface area contributed by atoms with Crippen LogP contribution in [-0.4, -0.2) is 17.5 Å². The zero-order valence-electron chi connectivity index (χ0n) is 8.88. The monoisotopic (exact) mass is 305 g/mol. The number of halogens is 1. The first kappa shape index (κ1) is 12.0. The average Bonchev–Trinajstić information content (AvgIpc) is 2.57. The van der Waals surface area contributed by atoms with Crippen LogP contribution in [0.1, 0.15) is 24.1 Å². The molecule has 0 unspecified atom stereocenters. The number of thiophene rings is 1. The number of hydrogen-bond donors (Lipinski definition) is 1. The SMILES string of the molecule is CSC1(CNCc2sccc2Br)CCC1. The lowest BCUT2D eigenvalue weighted by atomic mass is 9.84. The van der Waals surface area contributed by atoms with Crippen molar-refractivity contribution >= 4 is 39.0 Å². The molecule has 1 N–H and O–H groups in total. The van der Waals surface area contributed by atoms with Crippen LogP contribution in [0, 0.1) is 0 Å². The minimum absolute atomic E-state index is 0.545. The summed E-state index contributed by atoms with van der Waals surface area (Å²) in [6.45, 7) is 2.15. The third-order valence-corrected chi connectivity index (χ3v) is 6.47. The van der Waals surface area contributed by atoms with E-state index >= 15 is 0 Å². The van der Waals surface area contributed by atoms with Gasteiger partial charge in [-0.3, -0.25) is 0 Å². The van der Waals surface area contributed by atoms with Crippen molar-refractivity contribution in [2.45, 2.75) is 30.6 Å². The average molecular weight is 306 g/mol. The summed E-state index contributed by atoms with van der Waals surface area (Å²) in [6, 6.07) is 2.12. The van der Waals surface area contributed by atoms with E-state index < -0.39 is 0 Å². The molecule has 2 rings (SSSR count). The Hall–Kier alpha value is 0.490. The van der Waals surface area contributed by atoms with Crippen LogP contribution < -0.4 is 5.32 Å². The maximum atomic E-state index is 3.58. The van der Waals surface area contributed by atoms with E-state index in [1.54, 1.807) is 0 Å². The summed E-state index contributed by atoms with van der Waals surface area (Å²) < 4.78 is 1.79. The van der Waals surface area contributed by atoms with Gasteiger partial charge < -0.3 is 5.32 Å². The van der Waals surface area contributed by atoms with E-state index in [1.165, 1.54) is 28.6 Å². The third kappa shape index (κ3) is 2.78. The lowest BCUT2D eigenvalue weighted by molar-refractivity contribution is 0.346. The van der Waals surface area contributed by atoms with Gasteiger partial charge in [0.05, 0.1) is 0 Å². The molecule has 0 radical (unpaired) electrons. The van der Waals surface area contributed by atoms with Crippen LogP contribution in [0.4, 0.5) is 0 Å². The Balaban J connectivity index is 1.77. The van der Waals surface area contributed by atoms with Crippen molar-refractivity contribution in [2.75, 3.05) is 12.8 Å². The number of nitrogens with one attached hydrogen (secondary N) is 1. The molecule has 1 saturated carbocycles. The van der Waals surface area contributed by atoms with Gasteiger partial charge >= 0.3 is 0 Å². The second kappa shape index (κ2) is 5.21. The fourth-order valence-electron chi connectivity index (χ4n) is 1.88. The molecule has 1 aliphatic rings. The van der Waals surface area contributed by atoms with Crippen LogP contribution in [0.5, 0.6) is 0 Å². The zero-order valence-corrected chi connectivity index (χ0v) is 12.1. The van der Waals surface area contributed by atoms with Crippen molar-refractivity contribution in [1.82, 2.24) is 5.32 Å². The Kier molecular flexibility index (Phi) is 4.16. The van der Waals surface area contributed by atoms with Crippen LogP contribution >= 0.6 is 39.0 Å². The number of thioether (sulfide) groups is 1. The van der Waals surface area contributed by atoms with Crippen LogP contribution in [0.15, 0.2) is 15.9 Å². The van der Waals surface area contributed by atoms with Gasteiger partial charge in [0.25, 0.3) is 0 Å². The van der Waals surface area contributed by atoms with E-state index in [4.69, 9.17) is 0 Å². The lowest BCUT2D eigenvalue weighted by Crippen LogP contribution is -2.43. The summed E-state index contributed by atoms with van der Waals surface area (Å²) in [7, 11) is 0. The predicted molar refractivity (Wildman–Crippen MR) is 73.8 cm³/mol. The van der Waals surface area contributed by atoms with Crippen LogP contribution in [0.2, 0.25) is 0 Å². The first-order valence-electron chi connectivity index (χ1n) is 5.23. The molecular formula is C11H16BrNS2. The second-order valence-corrected chi connectivity index (χ2v) is 7.17. The van der Waals surface area contributed by atoms with E-state index in [-0.39, 0.29) is 0 Å². The van der Waals surface area contributed by atoms with Crippen LogP contribution in [0.25, 0.3) is 0 Å². The molecule has 1 fully saturated rings. The second-order valence-electron chi connectivity index (χ2n) is 4.04. The van der Waals surface area contributed by atoms with Gasteiger partial charge in [-0.05, 0) is 46.5 Å². The minimum atomic E-state index is 0.545. The van der Waals surface area contributed by atoms with Gasteiger partial charge in [0.15, 0.2) is 0 Å². The van der Waals surface area contributed by atoms with Gasteiger partial charge in [-0.1, -0.05) is 6.42 Å². The van der Waals surface area contributed by atoms with Gasteiger partial charge in [0.2, 0.25) is 0 Å². The molecule has 0 aliphatic heterocycles. The van der Waals surface area contributed by atoms with E-state index in [0.29, 0.717) is 4.75 Å². The van der Waals surface area contributed by atoms with Gasteiger partial charge in [0, 0.05) is 27.2 Å². The molecule has 0 amide bonds. The van der Waals surface area contributed by atoms with Crippen molar-refractivity contribution in [3.05, 3.63) is 20.8 Å². The van der Waals surface area contributed by atoms with Gasteiger partial charge in [-0.25, -0.2) is 0 Å². The molecule has 1 nitrogen and oxygen atoms in total. The molecule has 1 heterocycles. The molecular weight excluding hydrogens is 290 g/mol. The Morgan fingerprint density at radius 3 is 2.87 bits per heavy atom. The molecule has 0 bridgehead atoms. The Morgan fingerprint density at radius 1 is 1.60 bits per heavy atom.